The second-order valence-electron chi connectivity index (χ2n) is 7.03. The lowest BCUT2D eigenvalue weighted by Gasteiger charge is -2.23. The Kier molecular flexibility index (Phi) is 8.14. The maximum absolute atomic E-state index is 12.8. The van der Waals surface area contributed by atoms with E-state index < -0.39 is 6.61 Å². The summed E-state index contributed by atoms with van der Waals surface area (Å²) in [6, 6.07) is 5.59. The van der Waals surface area contributed by atoms with E-state index >= 15 is 0 Å². The van der Waals surface area contributed by atoms with Crippen molar-refractivity contribution in [2.75, 3.05) is 48.5 Å². The number of methoxy groups -OCH3 is 3. The third kappa shape index (κ3) is 5.14. The van der Waals surface area contributed by atoms with Gasteiger partial charge in [0.05, 0.1) is 27.9 Å². The third-order valence-corrected chi connectivity index (χ3v) is 4.98. The second kappa shape index (κ2) is 10.6. The van der Waals surface area contributed by atoms with Crippen molar-refractivity contribution in [3.8, 4) is 28.7 Å². The molecule has 0 aliphatic heterocycles. The summed E-state index contributed by atoms with van der Waals surface area (Å²) in [5, 5.41) is 29.4. The quantitative estimate of drug-likeness (QED) is 0.526. The van der Waals surface area contributed by atoms with Crippen molar-refractivity contribution in [1.82, 2.24) is 9.80 Å². The van der Waals surface area contributed by atoms with Crippen LogP contribution in [0.25, 0.3) is 0 Å². The highest BCUT2D eigenvalue weighted by Crippen LogP contribution is 2.37. The lowest BCUT2D eigenvalue weighted by Crippen LogP contribution is -2.37. The van der Waals surface area contributed by atoms with Gasteiger partial charge in [-0.05, 0) is 24.3 Å². The molecule has 0 spiro atoms. The van der Waals surface area contributed by atoms with E-state index in [4.69, 9.17) is 14.2 Å². The number of benzene rings is 2. The number of aliphatic hydroxyl groups excluding tert-OH is 1. The van der Waals surface area contributed by atoms with Gasteiger partial charge in [0.1, 0.15) is 0 Å². The van der Waals surface area contributed by atoms with Crippen LogP contribution in [0.5, 0.6) is 28.7 Å². The number of carbonyl (C=O) groups is 2. The van der Waals surface area contributed by atoms with Crippen molar-refractivity contribution in [3.05, 3.63) is 41.0 Å². The van der Waals surface area contributed by atoms with E-state index in [2.05, 4.69) is 0 Å². The molecule has 0 aromatic heterocycles. The van der Waals surface area contributed by atoms with Crippen LogP contribution in [0.1, 0.15) is 26.3 Å². The Bertz CT molecular complexity index is 862. The highest BCUT2D eigenvalue weighted by molar-refractivity contribution is 5.96. The largest absolute Gasteiger partial charge is 0.504 e. The molecule has 32 heavy (non-hydrogen) atoms. The summed E-state index contributed by atoms with van der Waals surface area (Å²) in [4.78, 5) is 28.4. The van der Waals surface area contributed by atoms with Crippen LogP contribution in [0.15, 0.2) is 24.3 Å². The van der Waals surface area contributed by atoms with Crippen LogP contribution in [0.4, 0.5) is 0 Å². The van der Waals surface area contributed by atoms with Crippen molar-refractivity contribution >= 4 is 11.8 Å². The first kappa shape index (κ1) is 24.6. The van der Waals surface area contributed by atoms with E-state index in [1.54, 1.807) is 14.1 Å². The molecule has 0 saturated carbocycles. The number of hydrogen-bond acceptors (Lipinski definition) is 8. The highest BCUT2D eigenvalue weighted by Gasteiger charge is 2.21. The minimum absolute atomic E-state index is 0.0795. The first-order valence-electron chi connectivity index (χ1n) is 9.65. The number of phenols is 2. The van der Waals surface area contributed by atoms with Crippen LogP contribution >= 0.6 is 0 Å². The Morgan fingerprint density at radius 2 is 1.12 bits per heavy atom. The smallest absolute Gasteiger partial charge is 0.253 e. The summed E-state index contributed by atoms with van der Waals surface area (Å²) in [5.74, 6) is -0.854. The number of aromatic hydroxyl groups is 2. The molecule has 2 rings (SSSR count). The fourth-order valence-electron chi connectivity index (χ4n) is 3.03. The summed E-state index contributed by atoms with van der Waals surface area (Å²) in [7, 11) is 7.24. The number of ether oxygens (including phenoxy) is 3. The number of likely N-dealkylation sites (N-methyl/N-ethyl adjacent to an activating group) is 2. The number of hydrogen-bond donors (Lipinski definition) is 3. The third-order valence-electron chi connectivity index (χ3n) is 4.98. The maximum Gasteiger partial charge on any atom is 0.253 e. The fraction of sp³-hybridized carbons (Fsp3) is 0.364. The van der Waals surface area contributed by atoms with Gasteiger partial charge in [-0.25, -0.2) is 0 Å². The van der Waals surface area contributed by atoms with E-state index in [9.17, 15) is 24.9 Å². The number of phenolic OH excluding ortho intramolecular Hbond substituents is 1. The second-order valence-corrected chi connectivity index (χ2v) is 7.03. The van der Waals surface area contributed by atoms with Crippen molar-refractivity contribution in [2.24, 2.45) is 0 Å². The van der Waals surface area contributed by atoms with Gasteiger partial charge in [0.25, 0.3) is 11.8 Å². The average molecular weight is 448 g/mol. The fourth-order valence-corrected chi connectivity index (χ4v) is 3.03. The number of carbonyl (C=O) groups excluding carboxylic acids is 2. The number of amides is 2. The SMILES string of the molecule is COc1cc(C(=O)N(C)CCN(C)C(=O)c2cc(OC)c(O)c(OC)c2)cc(CO)c1O. The molecule has 3 N–H and O–H groups in total. The molecule has 0 unspecified atom stereocenters. The van der Waals surface area contributed by atoms with Gasteiger partial charge in [-0.1, -0.05) is 0 Å². The zero-order valence-electron chi connectivity index (χ0n) is 18.7. The predicted molar refractivity (Wildman–Crippen MR) is 116 cm³/mol. The van der Waals surface area contributed by atoms with Gasteiger partial charge in [-0.15, -0.1) is 0 Å². The topological polar surface area (TPSA) is 129 Å². The molecule has 0 heterocycles. The molecular weight excluding hydrogens is 420 g/mol. The molecule has 10 heteroatoms. The van der Waals surface area contributed by atoms with E-state index in [1.807, 2.05) is 0 Å². The molecule has 0 fully saturated rings. The lowest BCUT2D eigenvalue weighted by atomic mass is 10.1. The van der Waals surface area contributed by atoms with E-state index in [-0.39, 0.29) is 70.3 Å². The summed E-state index contributed by atoms with van der Waals surface area (Å²) in [6.07, 6.45) is 0. The standard InChI is InChI=1S/C22H28N2O8/c1-23(21(28)13-8-15(12-25)19(26)16(9-13)30-3)6-7-24(2)22(29)14-10-17(31-4)20(27)18(11-14)32-5/h8-11,25-27H,6-7,12H2,1-5H3. The van der Waals surface area contributed by atoms with E-state index in [1.165, 1.54) is 55.4 Å². The molecule has 0 atom stereocenters. The van der Waals surface area contributed by atoms with Gasteiger partial charge >= 0.3 is 0 Å². The zero-order chi connectivity index (χ0) is 24.0. The first-order valence-corrected chi connectivity index (χ1v) is 9.65. The van der Waals surface area contributed by atoms with E-state index in [0.717, 1.165) is 0 Å². The summed E-state index contributed by atoms with van der Waals surface area (Å²) in [6.45, 7) is -0.0243. The summed E-state index contributed by atoms with van der Waals surface area (Å²) >= 11 is 0. The van der Waals surface area contributed by atoms with E-state index in [0.29, 0.717) is 0 Å². The van der Waals surface area contributed by atoms with Crippen LogP contribution in [0.2, 0.25) is 0 Å². The minimum atomic E-state index is -0.455. The van der Waals surface area contributed by atoms with Gasteiger partial charge in [0, 0.05) is 43.9 Å². The van der Waals surface area contributed by atoms with Gasteiger partial charge in [0.15, 0.2) is 23.0 Å². The van der Waals surface area contributed by atoms with Gasteiger partial charge < -0.3 is 39.3 Å². The van der Waals surface area contributed by atoms with Crippen LogP contribution in [-0.2, 0) is 6.61 Å². The Hall–Kier alpha value is -3.66. The molecule has 0 bridgehead atoms. The molecule has 0 aliphatic rings. The summed E-state index contributed by atoms with van der Waals surface area (Å²) in [5.41, 5.74) is 0.653. The molecule has 10 nitrogen and oxygen atoms in total. The van der Waals surface area contributed by atoms with Crippen LogP contribution in [0, 0.1) is 0 Å². The van der Waals surface area contributed by atoms with Crippen molar-refractivity contribution in [3.63, 3.8) is 0 Å². The summed E-state index contributed by atoms with van der Waals surface area (Å²) < 4.78 is 15.2. The Labute approximate surface area is 186 Å². The van der Waals surface area contributed by atoms with Gasteiger partial charge in [-0.3, -0.25) is 9.59 Å². The Morgan fingerprint density at radius 1 is 0.750 bits per heavy atom. The van der Waals surface area contributed by atoms with Gasteiger partial charge in [-0.2, -0.15) is 0 Å². The lowest BCUT2D eigenvalue weighted by molar-refractivity contribution is 0.0718. The monoisotopic (exact) mass is 448 g/mol. The Balaban J connectivity index is 2.12. The first-order chi connectivity index (χ1) is 15.2. The van der Waals surface area contributed by atoms with Crippen molar-refractivity contribution in [1.29, 1.82) is 0 Å². The zero-order valence-corrected chi connectivity index (χ0v) is 18.7. The number of rotatable bonds is 9. The minimum Gasteiger partial charge on any atom is -0.504 e. The molecule has 2 aromatic carbocycles. The van der Waals surface area contributed by atoms with Crippen molar-refractivity contribution in [2.45, 2.75) is 6.61 Å². The van der Waals surface area contributed by atoms with Crippen molar-refractivity contribution < 1.29 is 39.1 Å². The average Bonchev–Trinajstić information content (AvgIpc) is 2.81. The van der Waals surface area contributed by atoms with Crippen LogP contribution in [-0.4, -0.2) is 85.4 Å². The van der Waals surface area contributed by atoms with Crippen LogP contribution < -0.4 is 14.2 Å². The molecule has 2 amide bonds. The number of aliphatic hydroxyl groups is 1. The Morgan fingerprint density at radius 3 is 1.50 bits per heavy atom. The van der Waals surface area contributed by atoms with Crippen LogP contribution in [0.3, 0.4) is 0 Å². The predicted octanol–water partition coefficient (Wildman–Crippen LogP) is 1.46. The molecule has 174 valence electrons. The molecule has 2 aromatic rings. The molecule has 0 saturated heterocycles. The maximum atomic E-state index is 12.8. The molecule has 0 aliphatic carbocycles. The molecule has 0 radical (unpaired) electrons. The normalized spacial score (nSPS) is 10.4. The highest BCUT2D eigenvalue weighted by atomic mass is 16.5. The van der Waals surface area contributed by atoms with Gasteiger partial charge in [0.2, 0.25) is 5.75 Å². The number of nitrogens with zero attached hydrogens (tertiary/aromatic N) is 2. The molecular formula is C22H28N2O8.